The van der Waals surface area contributed by atoms with Crippen LogP contribution in [0.2, 0.25) is 0 Å². The number of nitrogens with one attached hydrogen (secondary N) is 2. The van der Waals surface area contributed by atoms with Gasteiger partial charge in [-0.05, 0) is 60.9 Å². The highest BCUT2D eigenvalue weighted by Crippen LogP contribution is 2.38. The first kappa shape index (κ1) is 33.9. The Bertz CT molecular complexity index is 1650. The van der Waals surface area contributed by atoms with Gasteiger partial charge in [-0.25, -0.2) is 9.48 Å². The van der Waals surface area contributed by atoms with Gasteiger partial charge in [0, 0.05) is 17.8 Å². The van der Waals surface area contributed by atoms with E-state index in [1.807, 2.05) is 30.3 Å². The van der Waals surface area contributed by atoms with Crippen molar-refractivity contribution in [2.24, 2.45) is 5.92 Å². The number of benzene rings is 3. The molecule has 0 aliphatic carbocycles. The van der Waals surface area contributed by atoms with Gasteiger partial charge in [-0.15, -0.1) is 0 Å². The summed E-state index contributed by atoms with van der Waals surface area (Å²) in [5.74, 6) is -0.00292. The van der Waals surface area contributed by atoms with E-state index in [9.17, 15) is 35.9 Å². The van der Waals surface area contributed by atoms with Gasteiger partial charge in [0.1, 0.15) is 18.1 Å². The fraction of sp³-hybridized carbons (Fsp3) is 0.281. The van der Waals surface area contributed by atoms with Crippen LogP contribution in [0.3, 0.4) is 0 Å². The van der Waals surface area contributed by atoms with Crippen molar-refractivity contribution in [3.05, 3.63) is 89.6 Å². The number of carbonyl (C=O) groups excluding carboxylic acids is 2. The average Bonchev–Trinajstić information content (AvgIpc) is 3.31. The minimum atomic E-state index is -5.10. The van der Waals surface area contributed by atoms with Gasteiger partial charge in [0.2, 0.25) is 5.91 Å². The molecule has 46 heavy (non-hydrogen) atoms. The number of aromatic nitrogens is 2. The SMILES string of the molecule is COc1ccc(-n2nc(C)c(-c3ccccc3)c2NC(=O)CN(CC(C)C)C(=O)Nc2cc(C(F)(F)F)cc(C(F)(F)F)c2)cc1. The third kappa shape index (κ3) is 8.17. The number of anilines is 2. The zero-order valence-electron chi connectivity index (χ0n) is 25.3. The Morgan fingerprint density at radius 3 is 2.00 bits per heavy atom. The number of hydrogen-bond acceptors (Lipinski definition) is 4. The van der Waals surface area contributed by atoms with Crippen molar-refractivity contribution in [2.75, 3.05) is 30.8 Å². The van der Waals surface area contributed by atoms with E-state index in [1.165, 1.54) is 11.8 Å². The minimum absolute atomic E-state index is 0.0345. The summed E-state index contributed by atoms with van der Waals surface area (Å²) >= 11 is 0. The Morgan fingerprint density at radius 1 is 0.891 bits per heavy atom. The van der Waals surface area contributed by atoms with E-state index in [0.717, 1.165) is 10.5 Å². The lowest BCUT2D eigenvalue weighted by atomic mass is 10.1. The lowest BCUT2D eigenvalue weighted by Crippen LogP contribution is -2.42. The normalized spacial score (nSPS) is 11.8. The second-order valence-electron chi connectivity index (χ2n) is 10.8. The molecule has 0 fully saturated rings. The first-order chi connectivity index (χ1) is 21.6. The number of alkyl halides is 6. The fourth-order valence-electron chi connectivity index (χ4n) is 4.74. The molecule has 4 aromatic rings. The van der Waals surface area contributed by atoms with Gasteiger partial charge >= 0.3 is 18.4 Å². The van der Waals surface area contributed by atoms with E-state index in [2.05, 4.69) is 15.7 Å². The molecule has 1 heterocycles. The molecule has 0 aliphatic heterocycles. The smallest absolute Gasteiger partial charge is 0.416 e. The lowest BCUT2D eigenvalue weighted by Gasteiger charge is -2.25. The van der Waals surface area contributed by atoms with Gasteiger partial charge in [-0.1, -0.05) is 44.2 Å². The van der Waals surface area contributed by atoms with Crippen LogP contribution in [0.5, 0.6) is 5.75 Å². The summed E-state index contributed by atoms with van der Waals surface area (Å²) in [6.07, 6.45) is -10.2. The van der Waals surface area contributed by atoms with Crippen LogP contribution in [0.4, 0.5) is 42.6 Å². The largest absolute Gasteiger partial charge is 0.497 e. The Hall–Kier alpha value is -5.01. The minimum Gasteiger partial charge on any atom is -0.497 e. The lowest BCUT2D eigenvalue weighted by molar-refractivity contribution is -0.143. The second kappa shape index (κ2) is 13.5. The van der Waals surface area contributed by atoms with Crippen molar-refractivity contribution in [1.82, 2.24) is 14.7 Å². The van der Waals surface area contributed by atoms with Gasteiger partial charge < -0.3 is 20.3 Å². The van der Waals surface area contributed by atoms with Crippen LogP contribution in [-0.4, -0.2) is 46.8 Å². The van der Waals surface area contributed by atoms with Crippen LogP contribution in [0.15, 0.2) is 72.8 Å². The maximum Gasteiger partial charge on any atom is 0.416 e. The van der Waals surface area contributed by atoms with E-state index in [4.69, 9.17) is 4.74 Å². The highest BCUT2D eigenvalue weighted by molar-refractivity contribution is 5.99. The van der Waals surface area contributed by atoms with Gasteiger partial charge in [0.15, 0.2) is 0 Å². The van der Waals surface area contributed by atoms with Gasteiger partial charge in [-0.2, -0.15) is 31.4 Å². The summed E-state index contributed by atoms with van der Waals surface area (Å²) in [6, 6.07) is 15.8. The number of rotatable bonds is 9. The summed E-state index contributed by atoms with van der Waals surface area (Å²) in [5.41, 5.74) is -1.36. The highest BCUT2D eigenvalue weighted by Gasteiger charge is 2.37. The van der Waals surface area contributed by atoms with Crippen LogP contribution in [0.1, 0.15) is 30.7 Å². The molecule has 244 valence electrons. The molecule has 3 aromatic carbocycles. The Kier molecular flexibility index (Phi) is 9.98. The summed E-state index contributed by atoms with van der Waals surface area (Å²) in [6.45, 7) is 4.63. The Balaban J connectivity index is 1.66. The number of ether oxygens (including phenoxy) is 1. The monoisotopic (exact) mass is 647 g/mol. The van der Waals surface area contributed by atoms with Crippen molar-refractivity contribution in [3.8, 4) is 22.6 Å². The molecular formula is C32H31F6N5O3. The van der Waals surface area contributed by atoms with Gasteiger partial charge in [-0.3, -0.25) is 4.79 Å². The van der Waals surface area contributed by atoms with E-state index < -0.39 is 47.6 Å². The predicted molar refractivity (Wildman–Crippen MR) is 161 cm³/mol. The molecule has 3 amide bonds. The Morgan fingerprint density at radius 2 is 1.48 bits per heavy atom. The summed E-state index contributed by atoms with van der Waals surface area (Å²) < 4.78 is 87.0. The molecule has 0 bridgehead atoms. The fourth-order valence-corrected chi connectivity index (χ4v) is 4.74. The molecule has 0 atom stereocenters. The molecule has 0 radical (unpaired) electrons. The molecule has 0 saturated heterocycles. The zero-order valence-corrected chi connectivity index (χ0v) is 25.3. The average molecular weight is 648 g/mol. The van der Waals surface area contributed by atoms with E-state index >= 15 is 0 Å². The van der Waals surface area contributed by atoms with Crippen LogP contribution < -0.4 is 15.4 Å². The van der Waals surface area contributed by atoms with E-state index in [-0.39, 0.29) is 24.3 Å². The molecule has 4 rings (SSSR count). The van der Waals surface area contributed by atoms with Crippen LogP contribution >= 0.6 is 0 Å². The molecule has 0 spiro atoms. The standard InChI is InChI=1S/C32H31F6N5O3/c1-19(2)17-42(30(45)39-24-15-22(31(33,34)35)14-23(16-24)32(36,37)38)18-27(44)40-29-28(21-8-6-5-7-9-21)20(3)41-43(29)25-10-12-26(46-4)13-11-25/h5-16,19H,17-18H2,1-4H3,(H,39,45)(H,40,44). The number of amides is 3. The molecule has 14 heteroatoms. The number of urea groups is 1. The quantitative estimate of drug-likeness (QED) is 0.180. The maximum atomic E-state index is 13.5. The molecule has 0 aliphatic rings. The molecule has 8 nitrogen and oxygen atoms in total. The van der Waals surface area contributed by atoms with Crippen molar-refractivity contribution in [3.63, 3.8) is 0 Å². The van der Waals surface area contributed by atoms with Gasteiger partial charge in [0.25, 0.3) is 0 Å². The third-order valence-electron chi connectivity index (χ3n) is 6.74. The maximum absolute atomic E-state index is 13.5. The topological polar surface area (TPSA) is 88.5 Å². The number of aryl methyl sites for hydroxylation is 1. The van der Waals surface area contributed by atoms with E-state index in [0.29, 0.717) is 34.8 Å². The molecule has 0 saturated carbocycles. The van der Waals surface area contributed by atoms with Crippen molar-refractivity contribution < 1.29 is 40.7 Å². The predicted octanol–water partition coefficient (Wildman–Crippen LogP) is 8.02. The molecule has 1 aromatic heterocycles. The van der Waals surface area contributed by atoms with Crippen molar-refractivity contribution >= 4 is 23.4 Å². The number of methoxy groups -OCH3 is 1. The van der Waals surface area contributed by atoms with Crippen LogP contribution in [0.25, 0.3) is 16.8 Å². The molecule has 2 N–H and O–H groups in total. The van der Waals surface area contributed by atoms with Crippen LogP contribution in [0, 0.1) is 12.8 Å². The molecule has 0 unspecified atom stereocenters. The Labute approximate surface area is 261 Å². The van der Waals surface area contributed by atoms with Gasteiger partial charge in [0.05, 0.1) is 29.6 Å². The highest BCUT2D eigenvalue weighted by atomic mass is 19.4. The zero-order chi connectivity index (χ0) is 33.8. The van der Waals surface area contributed by atoms with Crippen molar-refractivity contribution in [1.29, 1.82) is 0 Å². The number of carbonyl (C=O) groups is 2. The van der Waals surface area contributed by atoms with Crippen molar-refractivity contribution in [2.45, 2.75) is 33.1 Å². The summed E-state index contributed by atoms with van der Waals surface area (Å²) in [4.78, 5) is 27.8. The first-order valence-electron chi connectivity index (χ1n) is 14.0. The third-order valence-corrected chi connectivity index (χ3v) is 6.74. The summed E-state index contributed by atoms with van der Waals surface area (Å²) in [7, 11) is 1.52. The number of hydrogen-bond donors (Lipinski definition) is 2. The summed E-state index contributed by atoms with van der Waals surface area (Å²) in [5, 5.41) is 9.55. The van der Waals surface area contributed by atoms with E-state index in [1.54, 1.807) is 45.0 Å². The first-order valence-corrected chi connectivity index (χ1v) is 14.0. The number of halogens is 6. The van der Waals surface area contributed by atoms with Crippen LogP contribution in [-0.2, 0) is 17.1 Å². The second-order valence-corrected chi connectivity index (χ2v) is 10.8. The molecular weight excluding hydrogens is 616 g/mol. The number of nitrogens with zero attached hydrogens (tertiary/aromatic N) is 3.